The van der Waals surface area contributed by atoms with Gasteiger partial charge in [-0.15, -0.1) is 0 Å². The van der Waals surface area contributed by atoms with Crippen LogP contribution in [0.2, 0.25) is 0 Å². The van der Waals surface area contributed by atoms with Crippen molar-refractivity contribution in [2.24, 2.45) is 0 Å². The van der Waals surface area contributed by atoms with Crippen molar-refractivity contribution in [3.8, 4) is 0 Å². The van der Waals surface area contributed by atoms with Gasteiger partial charge in [0.1, 0.15) is 5.78 Å². The average molecular weight is 220 g/mol. The molecule has 1 N–H and O–H groups in total. The molecule has 86 valence electrons. The number of hydrogen-bond acceptors (Lipinski definition) is 3. The van der Waals surface area contributed by atoms with E-state index in [-0.39, 0.29) is 18.0 Å². The molecule has 0 aliphatic rings. The van der Waals surface area contributed by atoms with Crippen LogP contribution in [-0.2, 0) is 10.4 Å². The SMILES string of the molecule is CC(=O)CC(C)(O)c1ccc(C(C)=O)cc1. The quantitative estimate of drug-likeness (QED) is 0.790. The highest BCUT2D eigenvalue weighted by atomic mass is 16.3. The van der Waals surface area contributed by atoms with Crippen molar-refractivity contribution in [2.45, 2.75) is 32.8 Å². The highest BCUT2D eigenvalue weighted by Crippen LogP contribution is 2.24. The summed E-state index contributed by atoms with van der Waals surface area (Å²) < 4.78 is 0. The summed E-state index contributed by atoms with van der Waals surface area (Å²) >= 11 is 0. The van der Waals surface area contributed by atoms with E-state index in [9.17, 15) is 14.7 Å². The predicted molar refractivity (Wildman–Crippen MR) is 61.3 cm³/mol. The van der Waals surface area contributed by atoms with Gasteiger partial charge in [-0.25, -0.2) is 0 Å². The highest BCUT2D eigenvalue weighted by Gasteiger charge is 2.24. The molecule has 0 amide bonds. The minimum atomic E-state index is -1.17. The Kier molecular flexibility index (Phi) is 3.60. The Balaban J connectivity index is 2.96. The Morgan fingerprint density at radius 2 is 1.69 bits per heavy atom. The minimum absolute atomic E-state index is 0.0160. The van der Waals surface area contributed by atoms with E-state index in [4.69, 9.17) is 0 Å². The summed E-state index contributed by atoms with van der Waals surface area (Å²) in [4.78, 5) is 22.1. The number of carbonyl (C=O) groups excluding carboxylic acids is 2. The van der Waals surface area contributed by atoms with Crippen LogP contribution < -0.4 is 0 Å². The molecule has 1 aromatic rings. The third-order valence-electron chi connectivity index (χ3n) is 2.51. The number of carbonyl (C=O) groups is 2. The number of Topliss-reactive ketones (excluding diaryl/α,β-unsaturated/α-hetero) is 2. The maximum absolute atomic E-state index is 11.1. The van der Waals surface area contributed by atoms with E-state index in [1.165, 1.54) is 13.8 Å². The zero-order valence-corrected chi connectivity index (χ0v) is 9.78. The Morgan fingerprint density at radius 1 is 1.19 bits per heavy atom. The summed E-state index contributed by atoms with van der Waals surface area (Å²) in [6.45, 7) is 4.53. The minimum Gasteiger partial charge on any atom is -0.385 e. The molecule has 3 heteroatoms. The molecular weight excluding hydrogens is 204 g/mol. The number of benzene rings is 1. The average Bonchev–Trinajstić information content (AvgIpc) is 2.16. The van der Waals surface area contributed by atoms with Crippen molar-refractivity contribution >= 4 is 11.6 Å². The standard InChI is InChI=1S/C13H16O3/c1-9(14)8-13(3,16)12-6-4-11(5-7-12)10(2)15/h4-7,16H,8H2,1-3H3. The van der Waals surface area contributed by atoms with Crippen molar-refractivity contribution in [3.63, 3.8) is 0 Å². The van der Waals surface area contributed by atoms with E-state index in [1.54, 1.807) is 31.2 Å². The summed E-state index contributed by atoms with van der Waals surface area (Å²) in [7, 11) is 0. The molecule has 1 aromatic carbocycles. The van der Waals surface area contributed by atoms with Crippen LogP contribution in [0.15, 0.2) is 24.3 Å². The first-order chi connectivity index (χ1) is 7.33. The predicted octanol–water partition coefficient (Wildman–Crippen LogP) is 2.08. The number of rotatable bonds is 4. The van der Waals surface area contributed by atoms with Gasteiger partial charge in [-0.05, 0) is 26.3 Å². The van der Waals surface area contributed by atoms with Crippen molar-refractivity contribution in [1.29, 1.82) is 0 Å². The van der Waals surface area contributed by atoms with Crippen LogP contribution in [0.1, 0.15) is 43.1 Å². The summed E-state index contributed by atoms with van der Waals surface area (Å²) in [6, 6.07) is 6.68. The largest absolute Gasteiger partial charge is 0.385 e. The lowest BCUT2D eigenvalue weighted by molar-refractivity contribution is -0.121. The van der Waals surface area contributed by atoms with Crippen molar-refractivity contribution < 1.29 is 14.7 Å². The van der Waals surface area contributed by atoms with Gasteiger partial charge < -0.3 is 5.11 Å². The van der Waals surface area contributed by atoms with Gasteiger partial charge in [-0.1, -0.05) is 24.3 Å². The zero-order valence-electron chi connectivity index (χ0n) is 9.78. The molecule has 0 heterocycles. The lowest BCUT2D eigenvalue weighted by Crippen LogP contribution is -2.24. The molecule has 0 spiro atoms. The second-order valence-electron chi connectivity index (χ2n) is 4.29. The Morgan fingerprint density at radius 3 is 2.06 bits per heavy atom. The fourth-order valence-electron chi connectivity index (χ4n) is 1.65. The Labute approximate surface area is 95.1 Å². The molecule has 0 aliphatic carbocycles. The third kappa shape index (κ3) is 3.00. The molecule has 0 fully saturated rings. The van der Waals surface area contributed by atoms with E-state index in [2.05, 4.69) is 0 Å². The molecule has 0 saturated heterocycles. The van der Waals surface area contributed by atoms with E-state index >= 15 is 0 Å². The molecule has 0 bridgehead atoms. The lowest BCUT2D eigenvalue weighted by Gasteiger charge is -2.22. The van der Waals surface area contributed by atoms with Crippen molar-refractivity contribution in [3.05, 3.63) is 35.4 Å². The maximum Gasteiger partial charge on any atom is 0.159 e. The molecule has 3 nitrogen and oxygen atoms in total. The molecule has 16 heavy (non-hydrogen) atoms. The topological polar surface area (TPSA) is 54.4 Å². The van der Waals surface area contributed by atoms with Gasteiger partial charge in [-0.3, -0.25) is 9.59 Å². The summed E-state index contributed by atoms with van der Waals surface area (Å²) in [6.07, 6.45) is 0.0758. The van der Waals surface area contributed by atoms with Crippen LogP contribution in [0.3, 0.4) is 0 Å². The smallest absolute Gasteiger partial charge is 0.159 e. The first kappa shape index (κ1) is 12.6. The normalized spacial score (nSPS) is 14.2. The van der Waals surface area contributed by atoms with Gasteiger partial charge in [-0.2, -0.15) is 0 Å². The summed E-state index contributed by atoms with van der Waals surface area (Å²) in [5.74, 6) is -0.0848. The monoisotopic (exact) mass is 220 g/mol. The highest BCUT2D eigenvalue weighted by molar-refractivity contribution is 5.94. The molecule has 0 aromatic heterocycles. The van der Waals surface area contributed by atoms with Crippen molar-refractivity contribution in [1.82, 2.24) is 0 Å². The van der Waals surface area contributed by atoms with Crippen LogP contribution >= 0.6 is 0 Å². The Bertz CT molecular complexity index is 402. The number of aliphatic hydroxyl groups is 1. The molecule has 1 unspecified atom stereocenters. The number of hydrogen-bond donors (Lipinski definition) is 1. The van der Waals surface area contributed by atoms with E-state index in [0.29, 0.717) is 11.1 Å². The van der Waals surface area contributed by atoms with Crippen LogP contribution in [0.25, 0.3) is 0 Å². The second kappa shape index (κ2) is 4.58. The molecular formula is C13H16O3. The lowest BCUT2D eigenvalue weighted by atomic mass is 9.90. The van der Waals surface area contributed by atoms with Gasteiger partial charge >= 0.3 is 0 Å². The van der Waals surface area contributed by atoms with Gasteiger partial charge in [0.2, 0.25) is 0 Å². The zero-order chi connectivity index (χ0) is 12.3. The third-order valence-corrected chi connectivity index (χ3v) is 2.51. The first-order valence-electron chi connectivity index (χ1n) is 5.16. The molecule has 0 radical (unpaired) electrons. The van der Waals surface area contributed by atoms with E-state index < -0.39 is 5.60 Å². The summed E-state index contributed by atoms with van der Waals surface area (Å²) in [5.41, 5.74) is 0.0799. The van der Waals surface area contributed by atoms with Crippen LogP contribution in [0, 0.1) is 0 Å². The molecule has 0 saturated carbocycles. The molecule has 0 aliphatic heterocycles. The van der Waals surface area contributed by atoms with Crippen LogP contribution in [-0.4, -0.2) is 16.7 Å². The van der Waals surface area contributed by atoms with Gasteiger partial charge in [0.15, 0.2) is 5.78 Å². The fourth-order valence-corrected chi connectivity index (χ4v) is 1.65. The maximum atomic E-state index is 11.1. The summed E-state index contributed by atoms with van der Waals surface area (Å²) in [5, 5.41) is 10.1. The van der Waals surface area contributed by atoms with E-state index in [1.807, 2.05) is 0 Å². The van der Waals surface area contributed by atoms with Gasteiger partial charge in [0, 0.05) is 12.0 Å². The van der Waals surface area contributed by atoms with Crippen molar-refractivity contribution in [2.75, 3.05) is 0 Å². The van der Waals surface area contributed by atoms with Crippen LogP contribution in [0.5, 0.6) is 0 Å². The van der Waals surface area contributed by atoms with Crippen LogP contribution in [0.4, 0.5) is 0 Å². The van der Waals surface area contributed by atoms with Gasteiger partial charge in [0.25, 0.3) is 0 Å². The van der Waals surface area contributed by atoms with E-state index in [0.717, 1.165) is 0 Å². The van der Waals surface area contributed by atoms with Gasteiger partial charge in [0.05, 0.1) is 5.60 Å². The molecule has 1 atom stereocenters. The second-order valence-corrected chi connectivity index (χ2v) is 4.29. The Hall–Kier alpha value is -1.48. The molecule has 1 rings (SSSR count). The number of ketones is 2. The first-order valence-corrected chi connectivity index (χ1v) is 5.16. The fraction of sp³-hybridized carbons (Fsp3) is 0.385.